The Bertz CT molecular complexity index is 640. The number of amides is 1. The zero-order chi connectivity index (χ0) is 17.3. The summed E-state index contributed by atoms with van der Waals surface area (Å²) >= 11 is 0. The minimum Gasteiger partial charge on any atom is -0.448 e. The second-order valence-electron chi connectivity index (χ2n) is 8.01. The monoisotopic (exact) mass is 345 g/mol. The van der Waals surface area contributed by atoms with Crippen LogP contribution in [0.4, 0.5) is 5.69 Å². The van der Waals surface area contributed by atoms with E-state index in [0.717, 1.165) is 56.0 Å². The highest BCUT2D eigenvalue weighted by molar-refractivity contribution is 5.91. The fourth-order valence-corrected chi connectivity index (χ4v) is 4.46. The molecule has 0 bridgehead atoms. The molecule has 2 atom stereocenters. The van der Waals surface area contributed by atoms with Crippen LogP contribution in [0.1, 0.15) is 51.9 Å². The molecule has 5 nitrogen and oxygen atoms in total. The predicted molar refractivity (Wildman–Crippen MR) is 96.1 cm³/mol. The Morgan fingerprint density at radius 2 is 2.00 bits per heavy atom. The average Bonchev–Trinajstić information content (AvgIpc) is 2.92. The molecule has 1 saturated heterocycles. The van der Waals surface area contributed by atoms with E-state index in [0.29, 0.717) is 12.5 Å². The van der Waals surface area contributed by atoms with Gasteiger partial charge in [-0.15, -0.1) is 0 Å². The lowest BCUT2D eigenvalue weighted by molar-refractivity contribution is -0.900. The Balaban J connectivity index is 1.36. The van der Waals surface area contributed by atoms with Gasteiger partial charge in [-0.2, -0.15) is 0 Å². The number of quaternary nitrogens is 1. The number of piperidine rings is 1. The standard InChI is InChI=1S/C20H28N2O3/c1-15-6-5-11-22(13-15)14-19(23)21-16-7-8-17-18(12-16)25-20(24-17)9-3-2-4-10-20/h7-8,12,15H,2-6,9-11,13-14H2,1H3,(H,21,23)/p+1/t15-/m0/s1. The molecule has 1 aromatic carbocycles. The highest BCUT2D eigenvalue weighted by atomic mass is 16.7. The second-order valence-corrected chi connectivity index (χ2v) is 8.01. The van der Waals surface area contributed by atoms with E-state index in [9.17, 15) is 4.79 Å². The quantitative estimate of drug-likeness (QED) is 0.884. The first-order valence-corrected chi connectivity index (χ1v) is 9.77. The maximum Gasteiger partial charge on any atom is 0.279 e. The first-order valence-electron chi connectivity index (χ1n) is 9.77. The number of ether oxygens (including phenoxy) is 2. The highest BCUT2D eigenvalue weighted by Crippen LogP contribution is 2.46. The van der Waals surface area contributed by atoms with Crippen molar-refractivity contribution >= 4 is 11.6 Å². The van der Waals surface area contributed by atoms with E-state index in [1.54, 1.807) is 0 Å². The summed E-state index contributed by atoms with van der Waals surface area (Å²) in [6.45, 7) is 5.01. The van der Waals surface area contributed by atoms with Gasteiger partial charge in [0.1, 0.15) is 0 Å². The molecule has 4 rings (SSSR count). The number of rotatable bonds is 3. The Morgan fingerprint density at radius 1 is 1.20 bits per heavy atom. The van der Waals surface area contributed by atoms with Crippen LogP contribution in [0.25, 0.3) is 0 Å². The lowest BCUT2D eigenvalue weighted by Gasteiger charge is -2.31. The van der Waals surface area contributed by atoms with Crippen LogP contribution < -0.4 is 19.7 Å². The number of nitrogens with one attached hydrogen (secondary N) is 2. The minimum atomic E-state index is -0.461. The Kier molecular flexibility index (Phi) is 4.59. The van der Waals surface area contributed by atoms with Crippen molar-refractivity contribution in [3.63, 3.8) is 0 Å². The molecule has 1 spiro atoms. The number of fused-ring (bicyclic) bond motifs is 1. The molecule has 1 aromatic rings. The van der Waals surface area contributed by atoms with E-state index in [2.05, 4.69) is 12.2 Å². The van der Waals surface area contributed by atoms with Crippen molar-refractivity contribution in [2.24, 2.45) is 5.92 Å². The van der Waals surface area contributed by atoms with E-state index in [1.165, 1.54) is 24.2 Å². The molecule has 0 radical (unpaired) electrons. The molecule has 1 aliphatic carbocycles. The van der Waals surface area contributed by atoms with Crippen LogP contribution >= 0.6 is 0 Å². The van der Waals surface area contributed by atoms with Crippen molar-refractivity contribution in [1.29, 1.82) is 0 Å². The number of likely N-dealkylation sites (tertiary alicyclic amines) is 1. The van der Waals surface area contributed by atoms with Crippen LogP contribution in [-0.4, -0.2) is 31.3 Å². The second kappa shape index (κ2) is 6.87. The minimum absolute atomic E-state index is 0.0790. The number of benzene rings is 1. The lowest BCUT2D eigenvalue weighted by Crippen LogP contribution is -3.14. The van der Waals surface area contributed by atoms with Gasteiger partial charge in [-0.05, 0) is 37.8 Å². The van der Waals surface area contributed by atoms with E-state index >= 15 is 0 Å². The summed E-state index contributed by atoms with van der Waals surface area (Å²) in [6.07, 6.45) is 7.94. The van der Waals surface area contributed by atoms with Crippen molar-refractivity contribution in [3.8, 4) is 11.5 Å². The maximum absolute atomic E-state index is 12.4. The normalized spacial score (nSPS) is 27.2. The van der Waals surface area contributed by atoms with Crippen molar-refractivity contribution in [3.05, 3.63) is 18.2 Å². The molecule has 1 saturated carbocycles. The van der Waals surface area contributed by atoms with Crippen molar-refractivity contribution in [1.82, 2.24) is 0 Å². The lowest BCUT2D eigenvalue weighted by atomic mass is 9.94. The van der Waals surface area contributed by atoms with Gasteiger partial charge in [0.05, 0.1) is 13.1 Å². The Morgan fingerprint density at radius 3 is 2.80 bits per heavy atom. The van der Waals surface area contributed by atoms with Gasteiger partial charge in [0, 0.05) is 30.5 Å². The molecule has 1 unspecified atom stereocenters. The molecule has 2 N–H and O–H groups in total. The van der Waals surface area contributed by atoms with Crippen molar-refractivity contribution in [2.75, 3.05) is 25.0 Å². The maximum atomic E-state index is 12.4. The largest absolute Gasteiger partial charge is 0.448 e. The third-order valence-electron chi connectivity index (χ3n) is 5.71. The van der Waals surface area contributed by atoms with Crippen molar-refractivity contribution < 1.29 is 19.2 Å². The van der Waals surface area contributed by atoms with Gasteiger partial charge >= 0.3 is 0 Å². The Labute approximate surface area is 149 Å². The molecule has 2 heterocycles. The van der Waals surface area contributed by atoms with E-state index in [1.807, 2.05) is 18.2 Å². The summed E-state index contributed by atoms with van der Waals surface area (Å²) in [7, 11) is 0. The van der Waals surface area contributed by atoms with Gasteiger partial charge in [0.25, 0.3) is 11.7 Å². The number of carbonyl (C=O) groups excluding carboxylic acids is 1. The number of hydrogen-bond donors (Lipinski definition) is 2. The van der Waals surface area contributed by atoms with Crippen LogP contribution in [0.5, 0.6) is 11.5 Å². The van der Waals surface area contributed by atoms with Crippen LogP contribution in [0.2, 0.25) is 0 Å². The summed E-state index contributed by atoms with van der Waals surface area (Å²) in [5.74, 6) is 1.90. The van der Waals surface area contributed by atoms with Gasteiger partial charge in [0.15, 0.2) is 18.0 Å². The average molecular weight is 345 g/mol. The summed E-state index contributed by atoms with van der Waals surface area (Å²) in [5, 5.41) is 3.03. The smallest absolute Gasteiger partial charge is 0.279 e. The molecule has 2 fully saturated rings. The number of carbonyl (C=O) groups is 1. The van der Waals surface area contributed by atoms with Gasteiger partial charge in [-0.3, -0.25) is 4.79 Å². The zero-order valence-corrected chi connectivity index (χ0v) is 15.1. The van der Waals surface area contributed by atoms with Crippen LogP contribution in [0.3, 0.4) is 0 Å². The van der Waals surface area contributed by atoms with Crippen LogP contribution in [0.15, 0.2) is 18.2 Å². The molecule has 25 heavy (non-hydrogen) atoms. The number of hydrogen-bond acceptors (Lipinski definition) is 3. The molecule has 3 aliphatic rings. The third kappa shape index (κ3) is 3.76. The predicted octanol–water partition coefficient (Wildman–Crippen LogP) is 2.37. The molecular formula is C20H29N2O3+. The van der Waals surface area contributed by atoms with E-state index in [4.69, 9.17) is 9.47 Å². The molecule has 1 amide bonds. The van der Waals surface area contributed by atoms with E-state index < -0.39 is 5.79 Å². The molecule has 5 heteroatoms. The SMILES string of the molecule is C[C@H]1CCC[NH+](CC(=O)Nc2ccc3c(c2)OC2(CCCCC2)O3)C1. The van der Waals surface area contributed by atoms with Crippen LogP contribution in [0, 0.1) is 5.92 Å². The highest BCUT2D eigenvalue weighted by Gasteiger charge is 2.42. The Hall–Kier alpha value is -1.75. The summed E-state index contributed by atoms with van der Waals surface area (Å²) in [6, 6.07) is 5.74. The number of anilines is 1. The first-order chi connectivity index (χ1) is 12.1. The van der Waals surface area contributed by atoms with Gasteiger partial charge in [0.2, 0.25) is 0 Å². The third-order valence-corrected chi connectivity index (χ3v) is 5.71. The van der Waals surface area contributed by atoms with Gasteiger partial charge in [-0.25, -0.2) is 0 Å². The molecule has 0 aromatic heterocycles. The molecule has 2 aliphatic heterocycles. The van der Waals surface area contributed by atoms with Crippen molar-refractivity contribution in [2.45, 2.75) is 57.7 Å². The van der Waals surface area contributed by atoms with E-state index in [-0.39, 0.29) is 5.91 Å². The topological polar surface area (TPSA) is 52.0 Å². The van der Waals surface area contributed by atoms with Gasteiger partial charge in [-0.1, -0.05) is 13.3 Å². The fraction of sp³-hybridized carbons (Fsp3) is 0.650. The van der Waals surface area contributed by atoms with Gasteiger partial charge < -0.3 is 19.7 Å². The molecular weight excluding hydrogens is 316 g/mol. The fourth-order valence-electron chi connectivity index (χ4n) is 4.46. The summed E-state index contributed by atoms with van der Waals surface area (Å²) in [5.41, 5.74) is 0.796. The zero-order valence-electron chi connectivity index (χ0n) is 15.1. The first kappa shape index (κ1) is 16.7. The summed E-state index contributed by atoms with van der Waals surface area (Å²) in [4.78, 5) is 13.8. The summed E-state index contributed by atoms with van der Waals surface area (Å²) < 4.78 is 12.2. The molecule has 136 valence electrons. The van der Waals surface area contributed by atoms with Crippen LogP contribution in [-0.2, 0) is 4.79 Å².